The van der Waals surface area contributed by atoms with E-state index in [2.05, 4.69) is 29.5 Å². The van der Waals surface area contributed by atoms with E-state index in [0.717, 1.165) is 25.9 Å². The molecule has 1 unspecified atom stereocenters. The van der Waals surface area contributed by atoms with E-state index < -0.39 is 0 Å². The van der Waals surface area contributed by atoms with Gasteiger partial charge in [0.1, 0.15) is 0 Å². The number of nitrogens with zero attached hydrogens (tertiary/aromatic N) is 1. The smallest absolute Gasteiger partial charge is 0.251 e. The maximum absolute atomic E-state index is 12.6. The zero-order chi connectivity index (χ0) is 21.5. The van der Waals surface area contributed by atoms with Crippen LogP contribution in [0.15, 0.2) is 24.5 Å². The van der Waals surface area contributed by atoms with Crippen LogP contribution in [0.5, 0.6) is 0 Å². The molecule has 2 saturated carbocycles. The Bertz CT molecular complexity index is 794. The molecule has 0 radical (unpaired) electrons. The number of aromatic nitrogens is 1. The van der Waals surface area contributed by atoms with Crippen molar-refractivity contribution in [1.82, 2.24) is 15.6 Å². The molecule has 4 rings (SSSR count). The third kappa shape index (κ3) is 3.53. The van der Waals surface area contributed by atoms with Gasteiger partial charge >= 0.3 is 0 Å². The van der Waals surface area contributed by atoms with Gasteiger partial charge in [-0.1, -0.05) is 27.7 Å². The Morgan fingerprint density at radius 3 is 2.70 bits per heavy atom. The second-order valence-corrected chi connectivity index (χ2v) is 10.3. The summed E-state index contributed by atoms with van der Waals surface area (Å²) in [4.78, 5) is 28.9. The van der Waals surface area contributed by atoms with E-state index >= 15 is 0 Å². The average Bonchev–Trinajstić information content (AvgIpc) is 3.21. The van der Waals surface area contributed by atoms with E-state index in [0.29, 0.717) is 23.9 Å². The molecule has 1 aromatic rings. The first-order valence-corrected chi connectivity index (χ1v) is 11.4. The molecule has 2 bridgehead atoms. The van der Waals surface area contributed by atoms with Crippen molar-refractivity contribution in [3.05, 3.63) is 30.1 Å². The van der Waals surface area contributed by atoms with Crippen LogP contribution in [0, 0.1) is 28.6 Å². The fraction of sp³-hybridized carbons (Fsp3) is 0.708. The molecule has 5 atom stereocenters. The van der Waals surface area contributed by atoms with E-state index in [1.54, 1.807) is 24.5 Å². The summed E-state index contributed by atoms with van der Waals surface area (Å²) in [5.74, 6) is 1.13. The number of hydrogen-bond acceptors (Lipinski definition) is 4. The number of amides is 2. The number of rotatable bonds is 6. The van der Waals surface area contributed by atoms with Gasteiger partial charge in [-0.3, -0.25) is 14.6 Å². The van der Waals surface area contributed by atoms with Gasteiger partial charge in [0.15, 0.2) is 0 Å². The maximum atomic E-state index is 12.6. The molecule has 2 heterocycles. The lowest BCUT2D eigenvalue weighted by Gasteiger charge is -2.53. The minimum absolute atomic E-state index is 0.00573. The number of ether oxygens (including phenoxy) is 1. The summed E-state index contributed by atoms with van der Waals surface area (Å²) >= 11 is 0. The van der Waals surface area contributed by atoms with Crippen LogP contribution in [-0.2, 0) is 9.53 Å². The van der Waals surface area contributed by atoms with Gasteiger partial charge in [0.25, 0.3) is 5.91 Å². The van der Waals surface area contributed by atoms with Crippen molar-refractivity contribution in [2.45, 2.75) is 65.5 Å². The molecule has 2 aliphatic carbocycles. The maximum Gasteiger partial charge on any atom is 0.251 e. The van der Waals surface area contributed by atoms with Crippen molar-refractivity contribution in [3.8, 4) is 0 Å². The summed E-state index contributed by atoms with van der Waals surface area (Å²) in [7, 11) is 0. The average molecular weight is 414 g/mol. The highest BCUT2D eigenvalue weighted by molar-refractivity contribution is 5.93. The van der Waals surface area contributed by atoms with Crippen LogP contribution in [0.3, 0.4) is 0 Å². The van der Waals surface area contributed by atoms with E-state index in [1.165, 1.54) is 6.42 Å². The second-order valence-electron chi connectivity index (χ2n) is 10.3. The lowest BCUT2D eigenvalue weighted by molar-refractivity contribution is -0.138. The number of pyridine rings is 1. The fourth-order valence-electron chi connectivity index (χ4n) is 6.44. The largest absolute Gasteiger partial charge is 0.378 e. The summed E-state index contributed by atoms with van der Waals surface area (Å²) < 4.78 is 6.22. The molecule has 6 heteroatoms. The standard InChI is InChI=1S/C24H35N3O3/c1-15(2)20(28)27-22-23(3,4)17-13-18-19(30-12-8-24(18,22)14-17)7-11-26-21(29)16-5-9-25-10-6-16/h5-6,9-10,15,17-19,22H,7-8,11-14H2,1-4H3,(H,26,29)(H,27,28)/t17-,18-,19-,22+,24?/m1/s1. The Balaban J connectivity index is 1.43. The number of hydrogen-bond donors (Lipinski definition) is 2. The van der Waals surface area contributed by atoms with E-state index in [9.17, 15) is 9.59 Å². The monoisotopic (exact) mass is 413 g/mol. The molecular formula is C24H35N3O3. The Hall–Kier alpha value is -1.95. The summed E-state index contributed by atoms with van der Waals surface area (Å²) in [5, 5.41) is 6.46. The third-order valence-corrected chi connectivity index (χ3v) is 8.09. The highest BCUT2D eigenvalue weighted by Crippen LogP contribution is 2.68. The van der Waals surface area contributed by atoms with Crippen molar-refractivity contribution >= 4 is 11.8 Å². The molecule has 1 aromatic heterocycles. The Morgan fingerprint density at radius 1 is 1.27 bits per heavy atom. The molecule has 3 aliphatic rings. The predicted octanol–water partition coefficient (Wildman–Crippen LogP) is 3.18. The van der Waals surface area contributed by atoms with E-state index in [1.807, 2.05) is 13.8 Å². The minimum Gasteiger partial charge on any atom is -0.378 e. The van der Waals surface area contributed by atoms with Gasteiger partial charge < -0.3 is 15.4 Å². The molecule has 164 valence electrons. The third-order valence-electron chi connectivity index (χ3n) is 8.09. The van der Waals surface area contributed by atoms with Crippen LogP contribution in [-0.4, -0.2) is 42.1 Å². The quantitative estimate of drug-likeness (QED) is 0.751. The Labute approximate surface area is 179 Å². The van der Waals surface area contributed by atoms with Gasteiger partial charge in [-0.2, -0.15) is 0 Å². The van der Waals surface area contributed by atoms with Gasteiger partial charge in [0, 0.05) is 43.1 Å². The molecule has 0 aromatic carbocycles. The molecular weight excluding hydrogens is 378 g/mol. The first kappa shape index (κ1) is 21.3. The molecule has 1 aliphatic heterocycles. The van der Waals surface area contributed by atoms with Gasteiger partial charge in [0.05, 0.1) is 6.10 Å². The molecule has 6 nitrogen and oxygen atoms in total. The van der Waals surface area contributed by atoms with E-state index in [-0.39, 0.29) is 40.7 Å². The van der Waals surface area contributed by atoms with Crippen molar-refractivity contribution in [2.75, 3.05) is 13.2 Å². The number of carbonyl (C=O) groups is 2. The van der Waals surface area contributed by atoms with Gasteiger partial charge in [-0.25, -0.2) is 0 Å². The van der Waals surface area contributed by atoms with Gasteiger partial charge in [-0.15, -0.1) is 0 Å². The number of nitrogens with one attached hydrogen (secondary N) is 2. The van der Waals surface area contributed by atoms with Crippen LogP contribution in [0.25, 0.3) is 0 Å². The van der Waals surface area contributed by atoms with E-state index in [4.69, 9.17) is 4.74 Å². The molecule has 2 amide bonds. The van der Waals surface area contributed by atoms with Crippen LogP contribution >= 0.6 is 0 Å². The second kappa shape index (κ2) is 7.95. The minimum atomic E-state index is -0.0703. The van der Waals surface area contributed by atoms with Gasteiger partial charge in [-0.05, 0) is 60.5 Å². The summed E-state index contributed by atoms with van der Waals surface area (Å²) in [6, 6.07) is 3.64. The zero-order valence-corrected chi connectivity index (χ0v) is 18.6. The van der Waals surface area contributed by atoms with Crippen LogP contribution in [0.1, 0.15) is 63.7 Å². The molecule has 1 spiro atoms. The van der Waals surface area contributed by atoms with Gasteiger partial charge in [0.2, 0.25) is 5.91 Å². The van der Waals surface area contributed by atoms with Crippen LogP contribution in [0.2, 0.25) is 0 Å². The predicted molar refractivity (Wildman–Crippen MR) is 115 cm³/mol. The lowest BCUT2D eigenvalue weighted by Crippen LogP contribution is -2.60. The van der Waals surface area contributed by atoms with Crippen molar-refractivity contribution in [3.63, 3.8) is 0 Å². The highest BCUT2D eigenvalue weighted by atomic mass is 16.5. The summed E-state index contributed by atoms with van der Waals surface area (Å²) in [6.07, 6.45) is 7.55. The SMILES string of the molecule is CC(C)C(=O)N[C@H]1C(C)(C)[C@@H]2C[C@@H]3[C@@H](CCNC(=O)c4ccncc4)OCCC31C2. The molecule has 30 heavy (non-hydrogen) atoms. The van der Waals surface area contributed by atoms with Crippen LogP contribution < -0.4 is 10.6 Å². The molecule has 1 saturated heterocycles. The number of carbonyl (C=O) groups excluding carboxylic acids is 2. The first-order valence-electron chi connectivity index (χ1n) is 11.4. The molecule has 2 N–H and O–H groups in total. The summed E-state index contributed by atoms with van der Waals surface area (Å²) in [6.45, 7) is 9.90. The molecule has 3 fully saturated rings. The highest BCUT2D eigenvalue weighted by Gasteiger charge is 2.68. The van der Waals surface area contributed by atoms with Crippen molar-refractivity contribution in [1.29, 1.82) is 0 Å². The lowest BCUT2D eigenvalue weighted by atomic mass is 9.59. The van der Waals surface area contributed by atoms with Crippen molar-refractivity contribution < 1.29 is 14.3 Å². The fourth-order valence-corrected chi connectivity index (χ4v) is 6.44. The topological polar surface area (TPSA) is 80.3 Å². The van der Waals surface area contributed by atoms with Crippen molar-refractivity contribution in [2.24, 2.45) is 28.6 Å². The number of fused-ring (bicyclic) bond motifs is 1. The summed E-state index contributed by atoms with van der Waals surface area (Å²) in [5.41, 5.74) is 0.860. The Kier molecular flexibility index (Phi) is 5.64. The zero-order valence-electron chi connectivity index (χ0n) is 18.6. The normalized spacial score (nSPS) is 33.9. The van der Waals surface area contributed by atoms with Crippen LogP contribution in [0.4, 0.5) is 0 Å². The Morgan fingerprint density at radius 2 is 2.00 bits per heavy atom. The first-order chi connectivity index (χ1) is 14.3.